The van der Waals surface area contributed by atoms with Crippen LogP contribution in [0.15, 0.2) is 0 Å². The Morgan fingerprint density at radius 2 is 1.85 bits per heavy atom. The molecule has 3 rings (SSSR count). The zero-order valence-electron chi connectivity index (χ0n) is 12.8. The Morgan fingerprint density at radius 1 is 1.20 bits per heavy atom. The van der Waals surface area contributed by atoms with Gasteiger partial charge in [0, 0.05) is 24.5 Å². The molecule has 2 aliphatic rings. The van der Waals surface area contributed by atoms with Crippen molar-refractivity contribution < 1.29 is 4.74 Å². The molecular weight excluding hydrogens is 250 g/mol. The monoisotopic (exact) mass is 275 g/mol. The summed E-state index contributed by atoms with van der Waals surface area (Å²) in [4.78, 5) is 9.50. The van der Waals surface area contributed by atoms with Crippen molar-refractivity contribution in [2.45, 2.75) is 64.0 Å². The Morgan fingerprint density at radius 3 is 2.30 bits per heavy atom. The SMILES string of the molecule is COC1(c2nc(C)c(CCNC3CC3)c(C)n2)CCC1. The first-order valence-corrected chi connectivity index (χ1v) is 7.78. The molecule has 2 aliphatic carbocycles. The van der Waals surface area contributed by atoms with Crippen LogP contribution < -0.4 is 5.32 Å². The molecule has 110 valence electrons. The van der Waals surface area contributed by atoms with Gasteiger partial charge in [-0.05, 0) is 64.5 Å². The van der Waals surface area contributed by atoms with Crippen molar-refractivity contribution in [1.29, 1.82) is 0 Å². The quantitative estimate of drug-likeness (QED) is 0.866. The molecule has 2 saturated carbocycles. The first kappa shape index (κ1) is 14.0. The molecule has 1 N–H and O–H groups in total. The number of aryl methyl sites for hydroxylation is 2. The highest BCUT2D eigenvalue weighted by molar-refractivity contribution is 5.27. The van der Waals surface area contributed by atoms with Gasteiger partial charge < -0.3 is 10.1 Å². The Kier molecular flexibility index (Phi) is 3.78. The van der Waals surface area contributed by atoms with Gasteiger partial charge in [0.25, 0.3) is 0 Å². The van der Waals surface area contributed by atoms with Crippen LogP contribution in [0, 0.1) is 13.8 Å². The number of aromatic nitrogens is 2. The maximum absolute atomic E-state index is 5.69. The van der Waals surface area contributed by atoms with Gasteiger partial charge in [0.05, 0.1) is 0 Å². The highest BCUT2D eigenvalue weighted by atomic mass is 16.5. The third kappa shape index (κ3) is 2.59. The van der Waals surface area contributed by atoms with Crippen molar-refractivity contribution in [3.05, 3.63) is 22.8 Å². The van der Waals surface area contributed by atoms with Crippen LogP contribution in [0.3, 0.4) is 0 Å². The minimum absolute atomic E-state index is 0.208. The van der Waals surface area contributed by atoms with Crippen LogP contribution in [-0.2, 0) is 16.8 Å². The molecule has 0 aromatic carbocycles. The van der Waals surface area contributed by atoms with E-state index in [2.05, 4.69) is 19.2 Å². The normalized spacial score (nSPS) is 20.8. The topological polar surface area (TPSA) is 47.0 Å². The van der Waals surface area contributed by atoms with Gasteiger partial charge >= 0.3 is 0 Å². The second-order valence-electron chi connectivity index (χ2n) is 6.23. The number of hydrogen-bond acceptors (Lipinski definition) is 4. The lowest BCUT2D eigenvalue weighted by Gasteiger charge is -2.39. The number of methoxy groups -OCH3 is 1. The lowest BCUT2D eigenvalue weighted by molar-refractivity contribution is -0.0848. The van der Waals surface area contributed by atoms with Crippen LogP contribution in [-0.4, -0.2) is 29.7 Å². The zero-order valence-corrected chi connectivity index (χ0v) is 12.8. The summed E-state index contributed by atoms with van der Waals surface area (Å²) in [6.45, 7) is 5.24. The average Bonchev–Trinajstić information content (AvgIpc) is 3.16. The molecule has 2 fully saturated rings. The molecule has 1 aromatic heterocycles. The predicted octanol–water partition coefficient (Wildman–Crippen LogP) is 2.41. The summed E-state index contributed by atoms with van der Waals surface area (Å²) in [6, 6.07) is 0.766. The fraction of sp³-hybridized carbons (Fsp3) is 0.750. The number of nitrogens with zero attached hydrogens (tertiary/aromatic N) is 2. The van der Waals surface area contributed by atoms with E-state index in [0.717, 1.165) is 49.1 Å². The Hall–Kier alpha value is -1.00. The second kappa shape index (κ2) is 5.41. The van der Waals surface area contributed by atoms with E-state index in [9.17, 15) is 0 Å². The molecule has 20 heavy (non-hydrogen) atoms. The summed E-state index contributed by atoms with van der Waals surface area (Å²) in [5, 5.41) is 3.56. The number of nitrogens with one attached hydrogen (secondary N) is 1. The van der Waals surface area contributed by atoms with Crippen molar-refractivity contribution >= 4 is 0 Å². The van der Waals surface area contributed by atoms with Gasteiger partial charge in [-0.15, -0.1) is 0 Å². The Labute approximate surface area is 121 Å². The van der Waals surface area contributed by atoms with E-state index in [0.29, 0.717) is 0 Å². The summed E-state index contributed by atoms with van der Waals surface area (Å²) in [6.07, 6.45) is 7.00. The average molecular weight is 275 g/mol. The Bertz CT molecular complexity index is 464. The van der Waals surface area contributed by atoms with E-state index in [1.165, 1.54) is 24.8 Å². The van der Waals surface area contributed by atoms with Gasteiger partial charge in [-0.1, -0.05) is 0 Å². The molecular formula is C16H25N3O. The molecule has 1 heterocycles. The van der Waals surface area contributed by atoms with E-state index < -0.39 is 0 Å². The lowest BCUT2D eigenvalue weighted by Crippen LogP contribution is -2.38. The molecule has 0 radical (unpaired) electrons. The largest absolute Gasteiger partial charge is 0.370 e. The van der Waals surface area contributed by atoms with E-state index in [-0.39, 0.29) is 5.60 Å². The van der Waals surface area contributed by atoms with Gasteiger partial charge in [-0.2, -0.15) is 0 Å². The number of hydrogen-bond donors (Lipinski definition) is 1. The molecule has 4 nitrogen and oxygen atoms in total. The van der Waals surface area contributed by atoms with Crippen LogP contribution in [0.4, 0.5) is 0 Å². The highest BCUT2D eigenvalue weighted by Gasteiger charge is 2.42. The van der Waals surface area contributed by atoms with Crippen LogP contribution in [0.25, 0.3) is 0 Å². The van der Waals surface area contributed by atoms with Crippen molar-refractivity contribution in [2.75, 3.05) is 13.7 Å². The van der Waals surface area contributed by atoms with E-state index in [1.807, 2.05) is 0 Å². The second-order valence-corrected chi connectivity index (χ2v) is 6.23. The van der Waals surface area contributed by atoms with Crippen LogP contribution in [0.2, 0.25) is 0 Å². The molecule has 1 aromatic rings. The first-order valence-electron chi connectivity index (χ1n) is 7.78. The minimum Gasteiger partial charge on any atom is -0.370 e. The lowest BCUT2D eigenvalue weighted by atomic mass is 9.79. The van der Waals surface area contributed by atoms with E-state index in [1.54, 1.807) is 7.11 Å². The van der Waals surface area contributed by atoms with Gasteiger partial charge in [0.15, 0.2) is 5.82 Å². The van der Waals surface area contributed by atoms with Gasteiger partial charge in [0.1, 0.15) is 5.60 Å². The maximum Gasteiger partial charge on any atom is 0.160 e. The smallest absolute Gasteiger partial charge is 0.160 e. The summed E-state index contributed by atoms with van der Waals surface area (Å²) in [5.74, 6) is 0.889. The van der Waals surface area contributed by atoms with Gasteiger partial charge in [0.2, 0.25) is 0 Å². The molecule has 0 unspecified atom stereocenters. The van der Waals surface area contributed by atoms with Crippen molar-refractivity contribution in [2.24, 2.45) is 0 Å². The molecule has 0 saturated heterocycles. The molecule has 0 spiro atoms. The van der Waals surface area contributed by atoms with Gasteiger partial charge in [-0.3, -0.25) is 0 Å². The fourth-order valence-corrected chi connectivity index (χ4v) is 3.01. The van der Waals surface area contributed by atoms with Crippen molar-refractivity contribution in [3.63, 3.8) is 0 Å². The molecule has 0 bridgehead atoms. The summed E-state index contributed by atoms with van der Waals surface area (Å²) in [7, 11) is 1.78. The summed E-state index contributed by atoms with van der Waals surface area (Å²) >= 11 is 0. The zero-order chi connectivity index (χ0) is 14.2. The van der Waals surface area contributed by atoms with E-state index >= 15 is 0 Å². The van der Waals surface area contributed by atoms with Crippen molar-refractivity contribution in [1.82, 2.24) is 15.3 Å². The molecule has 0 atom stereocenters. The van der Waals surface area contributed by atoms with Gasteiger partial charge in [-0.25, -0.2) is 9.97 Å². The molecule has 0 amide bonds. The Balaban J connectivity index is 1.75. The third-order valence-electron chi connectivity index (χ3n) is 4.77. The fourth-order valence-electron chi connectivity index (χ4n) is 3.01. The third-order valence-corrected chi connectivity index (χ3v) is 4.77. The first-order chi connectivity index (χ1) is 9.64. The van der Waals surface area contributed by atoms with Crippen LogP contribution in [0.5, 0.6) is 0 Å². The highest BCUT2D eigenvalue weighted by Crippen LogP contribution is 2.42. The number of ether oxygens (including phenoxy) is 1. The van der Waals surface area contributed by atoms with Crippen LogP contribution >= 0.6 is 0 Å². The van der Waals surface area contributed by atoms with E-state index in [4.69, 9.17) is 14.7 Å². The summed E-state index contributed by atoms with van der Waals surface area (Å²) < 4.78 is 5.69. The number of rotatable bonds is 6. The minimum atomic E-state index is -0.208. The molecule has 4 heteroatoms. The van der Waals surface area contributed by atoms with Crippen LogP contribution in [0.1, 0.15) is 54.9 Å². The summed E-state index contributed by atoms with van der Waals surface area (Å²) in [5.41, 5.74) is 3.33. The predicted molar refractivity (Wildman–Crippen MR) is 78.8 cm³/mol. The maximum atomic E-state index is 5.69. The molecule has 0 aliphatic heterocycles. The van der Waals surface area contributed by atoms with Crippen molar-refractivity contribution in [3.8, 4) is 0 Å². The standard InChI is InChI=1S/C16H25N3O/c1-11-14(7-10-17-13-5-6-13)12(2)19-15(18-11)16(20-3)8-4-9-16/h13,17H,4-10H2,1-3H3.